The number of fused-ring (bicyclic) bond motifs is 11. The van der Waals surface area contributed by atoms with Crippen LogP contribution in [0.3, 0.4) is 0 Å². The van der Waals surface area contributed by atoms with E-state index in [0.717, 1.165) is 60.0 Å². The first kappa shape index (κ1) is 23.0. The zero-order chi connectivity index (χ0) is 28.1. The van der Waals surface area contributed by atoms with Crippen LogP contribution in [0.2, 0.25) is 0 Å². The van der Waals surface area contributed by atoms with Gasteiger partial charge in [-0.3, -0.25) is 8.97 Å². The molecule has 5 nitrogen and oxygen atoms in total. The molecule has 10 rings (SSSR count). The van der Waals surface area contributed by atoms with Crippen molar-refractivity contribution in [2.24, 2.45) is 0 Å². The molecule has 200 valence electrons. The maximum absolute atomic E-state index is 5.43. The first-order valence-corrected chi connectivity index (χ1v) is 15.1. The lowest BCUT2D eigenvalue weighted by atomic mass is 10.0. The molecule has 0 spiro atoms. The van der Waals surface area contributed by atoms with E-state index >= 15 is 0 Å². The number of benzene rings is 5. The van der Waals surface area contributed by atoms with E-state index in [0.29, 0.717) is 5.95 Å². The van der Waals surface area contributed by atoms with Gasteiger partial charge in [-0.1, -0.05) is 84.9 Å². The first-order chi connectivity index (χ1) is 21.3. The predicted octanol–water partition coefficient (Wildman–Crippen LogP) is 9.56. The number of aromatic nitrogens is 5. The summed E-state index contributed by atoms with van der Waals surface area (Å²) in [6.07, 6.45) is 2.13. The van der Waals surface area contributed by atoms with Crippen molar-refractivity contribution < 1.29 is 0 Å². The summed E-state index contributed by atoms with van der Waals surface area (Å²) in [5, 5.41) is 6.96. The van der Waals surface area contributed by atoms with E-state index in [1.54, 1.807) is 11.3 Å². The summed E-state index contributed by atoms with van der Waals surface area (Å²) >= 11 is 1.72. The van der Waals surface area contributed by atoms with Gasteiger partial charge in [0.15, 0.2) is 5.65 Å². The number of rotatable bonds is 2. The highest BCUT2D eigenvalue weighted by molar-refractivity contribution is 7.25. The Kier molecular flexibility index (Phi) is 4.54. The van der Waals surface area contributed by atoms with Crippen molar-refractivity contribution in [1.29, 1.82) is 0 Å². The molecule has 0 bridgehead atoms. The van der Waals surface area contributed by atoms with Gasteiger partial charge in [0, 0.05) is 38.0 Å². The zero-order valence-corrected chi connectivity index (χ0v) is 23.6. The molecule has 0 radical (unpaired) electrons. The van der Waals surface area contributed by atoms with Crippen LogP contribution in [0.25, 0.3) is 86.8 Å². The molecule has 43 heavy (non-hydrogen) atoms. The number of nitrogens with zero attached hydrogens (tertiary/aromatic N) is 5. The number of hydrogen-bond acceptors (Lipinski definition) is 4. The Labute approximate surface area is 248 Å². The monoisotopic (exact) mass is 567 g/mol. The van der Waals surface area contributed by atoms with Crippen molar-refractivity contribution >= 4 is 80.9 Å². The molecule has 0 fully saturated rings. The minimum atomic E-state index is 0.647. The Balaban J connectivity index is 1.38. The summed E-state index contributed by atoms with van der Waals surface area (Å²) in [6, 6.07) is 42.6. The van der Waals surface area contributed by atoms with E-state index < -0.39 is 0 Å². The quantitative estimate of drug-likeness (QED) is 0.209. The van der Waals surface area contributed by atoms with Gasteiger partial charge in [-0.15, -0.1) is 11.3 Å². The van der Waals surface area contributed by atoms with Gasteiger partial charge in [0.2, 0.25) is 5.95 Å². The van der Waals surface area contributed by atoms with Crippen molar-refractivity contribution in [3.63, 3.8) is 0 Å². The third-order valence-corrected chi connectivity index (χ3v) is 9.63. The molecule has 0 aliphatic heterocycles. The van der Waals surface area contributed by atoms with E-state index in [1.165, 1.54) is 20.9 Å². The maximum Gasteiger partial charge on any atom is 0.236 e. The SMILES string of the molecule is c1ccc2cc(-c3nc(-n4c5ccccc5c5ccn6c7ccccc7nc6c54)nc4sc5ccccc5c34)ccc2c1. The molecule has 0 N–H and O–H groups in total. The van der Waals surface area contributed by atoms with E-state index in [1.807, 2.05) is 6.07 Å². The number of imidazole rings is 1. The van der Waals surface area contributed by atoms with Crippen molar-refractivity contribution in [2.45, 2.75) is 0 Å². The fourth-order valence-electron chi connectivity index (χ4n) is 6.63. The third-order valence-electron chi connectivity index (χ3n) is 8.56. The Bertz CT molecular complexity index is 2750. The molecule has 0 unspecified atom stereocenters. The molecular formula is C37H21N5S. The molecule has 5 heterocycles. The molecule has 10 aromatic rings. The molecule has 6 heteroatoms. The van der Waals surface area contributed by atoms with E-state index in [-0.39, 0.29) is 0 Å². The molecule has 0 amide bonds. The van der Waals surface area contributed by atoms with E-state index in [2.05, 4.69) is 130 Å². The smallest absolute Gasteiger partial charge is 0.236 e. The fourth-order valence-corrected chi connectivity index (χ4v) is 7.70. The zero-order valence-electron chi connectivity index (χ0n) is 22.8. The number of pyridine rings is 1. The average molecular weight is 568 g/mol. The standard InChI is InChI=1S/C37H21N5S/c1-2-10-23-21-24(18-17-22(23)9-1)33-32-27-12-4-8-16-31(27)43-36(32)40-37(39-33)42-29-14-6-3-11-25(29)26-19-20-41-30-15-7-5-13-28(30)38-35(41)34(26)42/h1-21H. The second kappa shape index (κ2) is 8.47. The van der Waals surface area contributed by atoms with Crippen LogP contribution in [-0.2, 0) is 0 Å². The van der Waals surface area contributed by atoms with Gasteiger partial charge in [-0.2, -0.15) is 0 Å². The Morgan fingerprint density at radius 2 is 1.35 bits per heavy atom. The van der Waals surface area contributed by atoms with Crippen molar-refractivity contribution in [3.05, 3.63) is 128 Å². The van der Waals surface area contributed by atoms with Crippen LogP contribution in [0.15, 0.2) is 128 Å². The minimum absolute atomic E-state index is 0.647. The van der Waals surface area contributed by atoms with Crippen LogP contribution in [0.4, 0.5) is 0 Å². The number of thiophene rings is 1. The Hall–Kier alpha value is -5.59. The summed E-state index contributed by atoms with van der Waals surface area (Å²) in [7, 11) is 0. The molecule has 0 saturated carbocycles. The van der Waals surface area contributed by atoms with E-state index in [4.69, 9.17) is 15.0 Å². The maximum atomic E-state index is 5.43. The molecule has 5 aromatic carbocycles. The molecule has 0 atom stereocenters. The lowest BCUT2D eigenvalue weighted by Crippen LogP contribution is -2.03. The predicted molar refractivity (Wildman–Crippen MR) is 178 cm³/mol. The number of hydrogen-bond donors (Lipinski definition) is 0. The largest absolute Gasteiger partial charge is 0.298 e. The topological polar surface area (TPSA) is 48.0 Å². The van der Waals surface area contributed by atoms with Crippen LogP contribution in [0.5, 0.6) is 0 Å². The summed E-state index contributed by atoms with van der Waals surface area (Å²) in [5.41, 5.74) is 7.01. The van der Waals surface area contributed by atoms with Gasteiger partial charge in [-0.05, 0) is 47.2 Å². The summed E-state index contributed by atoms with van der Waals surface area (Å²) in [4.78, 5) is 16.8. The van der Waals surface area contributed by atoms with Crippen molar-refractivity contribution in [3.8, 4) is 17.2 Å². The average Bonchev–Trinajstić information content (AvgIpc) is 3.73. The van der Waals surface area contributed by atoms with Crippen molar-refractivity contribution in [2.75, 3.05) is 0 Å². The van der Waals surface area contributed by atoms with Gasteiger partial charge in [0.25, 0.3) is 0 Å². The highest BCUT2D eigenvalue weighted by atomic mass is 32.1. The second-order valence-electron chi connectivity index (χ2n) is 10.9. The Morgan fingerprint density at radius 1 is 0.581 bits per heavy atom. The van der Waals surface area contributed by atoms with Crippen molar-refractivity contribution in [1.82, 2.24) is 23.9 Å². The summed E-state index contributed by atoms with van der Waals surface area (Å²) in [5.74, 6) is 0.647. The molecule has 0 saturated heterocycles. The third kappa shape index (κ3) is 3.18. The number of para-hydroxylation sites is 3. The molecule has 5 aromatic heterocycles. The summed E-state index contributed by atoms with van der Waals surface area (Å²) in [6.45, 7) is 0. The van der Waals surface area contributed by atoms with Crippen LogP contribution < -0.4 is 0 Å². The molecular weight excluding hydrogens is 547 g/mol. The lowest BCUT2D eigenvalue weighted by molar-refractivity contribution is 1.02. The molecule has 0 aliphatic carbocycles. The first-order valence-electron chi connectivity index (χ1n) is 14.3. The second-order valence-corrected chi connectivity index (χ2v) is 12.0. The van der Waals surface area contributed by atoms with Crippen LogP contribution in [0, 0.1) is 0 Å². The molecule has 0 aliphatic rings. The van der Waals surface area contributed by atoms with E-state index in [9.17, 15) is 0 Å². The normalized spacial score (nSPS) is 12.2. The fraction of sp³-hybridized carbons (Fsp3) is 0. The lowest BCUT2D eigenvalue weighted by Gasteiger charge is -2.11. The Morgan fingerprint density at radius 3 is 2.28 bits per heavy atom. The summed E-state index contributed by atoms with van der Waals surface area (Å²) < 4.78 is 5.59. The minimum Gasteiger partial charge on any atom is -0.298 e. The van der Waals surface area contributed by atoms with Gasteiger partial charge in [0.05, 0.1) is 22.2 Å². The van der Waals surface area contributed by atoms with Gasteiger partial charge < -0.3 is 0 Å². The van der Waals surface area contributed by atoms with Gasteiger partial charge in [0.1, 0.15) is 10.3 Å². The van der Waals surface area contributed by atoms with Crippen LogP contribution in [-0.4, -0.2) is 23.9 Å². The van der Waals surface area contributed by atoms with Crippen LogP contribution in [0.1, 0.15) is 0 Å². The highest BCUT2D eigenvalue weighted by Crippen LogP contribution is 2.41. The highest BCUT2D eigenvalue weighted by Gasteiger charge is 2.22. The van der Waals surface area contributed by atoms with Crippen LogP contribution >= 0.6 is 11.3 Å². The van der Waals surface area contributed by atoms with Gasteiger partial charge in [-0.25, -0.2) is 15.0 Å². The van der Waals surface area contributed by atoms with Gasteiger partial charge >= 0.3 is 0 Å².